The van der Waals surface area contributed by atoms with Crippen LogP contribution in [0.2, 0.25) is 0 Å². The third kappa shape index (κ3) is 3.74. The average Bonchev–Trinajstić information content (AvgIpc) is 3.37. The highest BCUT2D eigenvalue weighted by molar-refractivity contribution is 6.05. The highest BCUT2D eigenvalue weighted by Crippen LogP contribution is 2.35. The Morgan fingerprint density at radius 1 is 1.16 bits per heavy atom. The molecule has 0 saturated carbocycles. The highest BCUT2D eigenvalue weighted by Gasteiger charge is 2.40. The molecule has 9 heteroatoms. The second kappa shape index (κ2) is 7.88. The molecule has 3 aliphatic rings. The highest BCUT2D eigenvalue weighted by atomic mass is 19.1. The van der Waals surface area contributed by atoms with E-state index >= 15 is 0 Å². The maximum absolute atomic E-state index is 15.0. The topological polar surface area (TPSA) is 95.8 Å². The third-order valence-corrected chi connectivity index (χ3v) is 6.51. The van der Waals surface area contributed by atoms with Gasteiger partial charge in [-0.05, 0) is 55.5 Å². The maximum atomic E-state index is 15.0. The van der Waals surface area contributed by atoms with E-state index in [1.165, 1.54) is 11.0 Å². The monoisotopic (exact) mass is 426 g/mol. The summed E-state index contributed by atoms with van der Waals surface area (Å²) in [7, 11) is 0. The zero-order chi connectivity index (χ0) is 21.5. The van der Waals surface area contributed by atoms with Gasteiger partial charge in [0.05, 0.1) is 12.7 Å². The molecule has 5 rings (SSSR count). The lowest BCUT2D eigenvalue weighted by Crippen LogP contribution is -2.52. The Balaban J connectivity index is 1.29. The van der Waals surface area contributed by atoms with E-state index in [1.54, 1.807) is 18.5 Å². The molecule has 2 saturated heterocycles. The number of piperidine rings is 2. The summed E-state index contributed by atoms with van der Waals surface area (Å²) >= 11 is 0. The normalized spacial score (nSPS) is 22.7. The molecule has 2 aromatic rings. The third-order valence-electron chi connectivity index (χ3n) is 6.51. The van der Waals surface area contributed by atoms with Crippen molar-refractivity contribution in [2.75, 3.05) is 13.1 Å². The number of nitrogens with zero attached hydrogens (tertiary/aromatic N) is 3. The van der Waals surface area contributed by atoms with E-state index < -0.39 is 11.9 Å². The SMILES string of the molecule is O=C1CCC(N2Cc3cc(C4CCN(Cc5ncco5)CC4)c(F)cc3C2=O)C(=O)N1. The van der Waals surface area contributed by atoms with Crippen LogP contribution in [0.1, 0.15) is 59.0 Å². The predicted molar refractivity (Wildman–Crippen MR) is 106 cm³/mol. The number of halogens is 1. The van der Waals surface area contributed by atoms with Gasteiger partial charge in [0.2, 0.25) is 17.7 Å². The second-order valence-corrected chi connectivity index (χ2v) is 8.41. The van der Waals surface area contributed by atoms with Crippen molar-refractivity contribution in [3.05, 3.63) is 53.0 Å². The number of nitrogens with one attached hydrogen (secondary N) is 1. The molecule has 0 spiro atoms. The van der Waals surface area contributed by atoms with Crippen molar-refractivity contribution in [2.45, 2.75) is 50.7 Å². The number of aromatic nitrogens is 1. The number of amides is 3. The Bertz CT molecular complexity index is 1030. The summed E-state index contributed by atoms with van der Waals surface area (Å²) in [4.78, 5) is 44.3. The van der Waals surface area contributed by atoms with Crippen LogP contribution >= 0.6 is 0 Å². The van der Waals surface area contributed by atoms with Crippen molar-refractivity contribution in [3.63, 3.8) is 0 Å². The fraction of sp³-hybridized carbons (Fsp3) is 0.455. The summed E-state index contributed by atoms with van der Waals surface area (Å²) in [6.45, 7) is 2.52. The number of benzene rings is 1. The lowest BCUT2D eigenvalue weighted by Gasteiger charge is -2.31. The fourth-order valence-corrected chi connectivity index (χ4v) is 4.85. The molecule has 3 aliphatic heterocycles. The number of fused-ring (bicyclic) bond motifs is 1. The number of carbonyl (C=O) groups excluding carboxylic acids is 3. The molecule has 1 aromatic carbocycles. The van der Waals surface area contributed by atoms with Gasteiger partial charge in [-0.2, -0.15) is 0 Å². The molecule has 31 heavy (non-hydrogen) atoms. The Hall–Kier alpha value is -3.07. The van der Waals surface area contributed by atoms with Gasteiger partial charge in [-0.3, -0.25) is 24.6 Å². The molecule has 0 radical (unpaired) electrons. The zero-order valence-electron chi connectivity index (χ0n) is 17.0. The van der Waals surface area contributed by atoms with Crippen LogP contribution in [0.3, 0.4) is 0 Å². The van der Waals surface area contributed by atoms with Gasteiger partial charge in [-0.15, -0.1) is 0 Å². The minimum absolute atomic E-state index is 0.0749. The summed E-state index contributed by atoms with van der Waals surface area (Å²) in [5.41, 5.74) is 1.69. The van der Waals surface area contributed by atoms with E-state index in [2.05, 4.69) is 15.2 Å². The van der Waals surface area contributed by atoms with Gasteiger partial charge < -0.3 is 9.32 Å². The van der Waals surface area contributed by atoms with Gasteiger partial charge in [0, 0.05) is 18.5 Å². The molecule has 1 N–H and O–H groups in total. The molecule has 0 bridgehead atoms. The lowest BCUT2D eigenvalue weighted by molar-refractivity contribution is -0.136. The zero-order valence-corrected chi connectivity index (χ0v) is 17.0. The molecule has 8 nitrogen and oxygen atoms in total. The first-order chi connectivity index (χ1) is 15.0. The summed E-state index contributed by atoms with van der Waals surface area (Å²) in [6, 6.07) is 2.42. The van der Waals surface area contributed by atoms with Gasteiger partial charge in [0.15, 0.2) is 0 Å². The molecular weight excluding hydrogens is 403 g/mol. The molecule has 1 unspecified atom stereocenters. The van der Waals surface area contributed by atoms with Gasteiger partial charge in [-0.25, -0.2) is 9.37 Å². The van der Waals surface area contributed by atoms with Crippen LogP contribution in [0, 0.1) is 5.82 Å². The van der Waals surface area contributed by atoms with Crippen molar-refractivity contribution in [2.24, 2.45) is 0 Å². The van der Waals surface area contributed by atoms with Crippen molar-refractivity contribution in [1.29, 1.82) is 0 Å². The number of hydrogen-bond donors (Lipinski definition) is 1. The summed E-state index contributed by atoms with van der Waals surface area (Å²) < 4.78 is 20.3. The predicted octanol–water partition coefficient (Wildman–Crippen LogP) is 1.95. The van der Waals surface area contributed by atoms with Crippen molar-refractivity contribution >= 4 is 17.7 Å². The minimum atomic E-state index is -0.692. The first-order valence-corrected chi connectivity index (χ1v) is 10.6. The van der Waals surface area contributed by atoms with Crippen LogP contribution in [-0.4, -0.2) is 51.6 Å². The number of likely N-dealkylation sites (tertiary alicyclic amines) is 1. The maximum Gasteiger partial charge on any atom is 0.255 e. The summed E-state index contributed by atoms with van der Waals surface area (Å²) in [5, 5.41) is 2.29. The number of hydrogen-bond acceptors (Lipinski definition) is 6. The molecule has 162 valence electrons. The van der Waals surface area contributed by atoms with E-state index in [4.69, 9.17) is 4.42 Å². The lowest BCUT2D eigenvalue weighted by atomic mass is 9.87. The van der Waals surface area contributed by atoms with Gasteiger partial charge in [-0.1, -0.05) is 6.07 Å². The minimum Gasteiger partial charge on any atom is -0.448 e. The van der Waals surface area contributed by atoms with Gasteiger partial charge in [0.25, 0.3) is 5.91 Å². The Kier molecular flexibility index (Phi) is 5.05. The van der Waals surface area contributed by atoms with Crippen molar-refractivity contribution < 1.29 is 23.2 Å². The number of rotatable bonds is 4. The fourth-order valence-electron chi connectivity index (χ4n) is 4.85. The summed E-state index contributed by atoms with van der Waals surface area (Å²) in [6.07, 6.45) is 5.29. The van der Waals surface area contributed by atoms with Gasteiger partial charge in [0.1, 0.15) is 18.1 Å². The molecule has 3 amide bonds. The quantitative estimate of drug-likeness (QED) is 0.751. The van der Waals surface area contributed by atoms with E-state index in [0.717, 1.165) is 31.5 Å². The molecule has 2 fully saturated rings. The number of imide groups is 1. The molecule has 4 heterocycles. The van der Waals surface area contributed by atoms with Crippen LogP contribution in [0.4, 0.5) is 4.39 Å². The largest absolute Gasteiger partial charge is 0.448 e. The van der Waals surface area contributed by atoms with E-state index in [1.807, 2.05) is 0 Å². The number of oxazole rings is 1. The second-order valence-electron chi connectivity index (χ2n) is 8.41. The first kappa shape index (κ1) is 19.9. The Morgan fingerprint density at radius 3 is 2.68 bits per heavy atom. The summed E-state index contributed by atoms with van der Waals surface area (Å²) in [5.74, 6) is -0.761. The van der Waals surface area contributed by atoms with Crippen LogP contribution in [-0.2, 0) is 22.7 Å². The van der Waals surface area contributed by atoms with Crippen LogP contribution in [0.15, 0.2) is 29.0 Å². The van der Waals surface area contributed by atoms with E-state index in [0.29, 0.717) is 30.0 Å². The van der Waals surface area contributed by atoms with Gasteiger partial charge >= 0.3 is 0 Å². The molecule has 0 aliphatic carbocycles. The Morgan fingerprint density at radius 2 is 1.97 bits per heavy atom. The Labute approximate surface area is 178 Å². The standard InChI is InChI=1S/C22H23FN4O4/c23-17-10-16-14(11-27(22(16)30)18-1-2-19(28)25-21(18)29)9-15(17)13-3-6-26(7-4-13)12-20-24-5-8-31-20/h5,8-10,13,18H,1-4,6-7,11-12H2,(H,25,28,29). The van der Waals surface area contributed by atoms with Crippen LogP contribution in [0.25, 0.3) is 0 Å². The molecule has 1 aromatic heterocycles. The first-order valence-electron chi connectivity index (χ1n) is 10.6. The van der Waals surface area contributed by atoms with Crippen molar-refractivity contribution in [1.82, 2.24) is 20.1 Å². The molecular formula is C22H23FN4O4. The van der Waals surface area contributed by atoms with Crippen LogP contribution < -0.4 is 5.32 Å². The van der Waals surface area contributed by atoms with Crippen molar-refractivity contribution in [3.8, 4) is 0 Å². The smallest absolute Gasteiger partial charge is 0.255 e. The van der Waals surface area contributed by atoms with E-state index in [9.17, 15) is 18.8 Å². The number of carbonyl (C=O) groups is 3. The average molecular weight is 426 g/mol. The van der Waals surface area contributed by atoms with E-state index in [-0.39, 0.29) is 36.5 Å². The van der Waals surface area contributed by atoms with Crippen LogP contribution in [0.5, 0.6) is 0 Å². The molecule has 1 atom stereocenters.